The Bertz CT molecular complexity index is 461. The number of carbonyl (C=O) groups is 1. The van der Waals surface area contributed by atoms with E-state index in [0.717, 1.165) is 15.6 Å². The van der Waals surface area contributed by atoms with Crippen LogP contribution in [0.3, 0.4) is 0 Å². The van der Waals surface area contributed by atoms with Crippen molar-refractivity contribution in [3.63, 3.8) is 0 Å². The first-order valence-corrected chi connectivity index (χ1v) is 6.62. The summed E-state index contributed by atoms with van der Waals surface area (Å²) in [7, 11) is 0. The van der Waals surface area contributed by atoms with E-state index in [1.54, 1.807) is 0 Å². The van der Waals surface area contributed by atoms with Crippen molar-refractivity contribution in [2.45, 2.75) is 46.1 Å². The van der Waals surface area contributed by atoms with Crippen LogP contribution in [-0.2, 0) is 10.2 Å². The number of hydrogen-bond donors (Lipinski definition) is 1. The van der Waals surface area contributed by atoms with E-state index in [0.29, 0.717) is 5.75 Å². The number of benzene rings is 1. The molecular formula is C14H19BrO3. The van der Waals surface area contributed by atoms with E-state index in [4.69, 9.17) is 9.84 Å². The predicted octanol–water partition coefficient (Wildman–Crippen LogP) is 3.91. The lowest BCUT2D eigenvalue weighted by Crippen LogP contribution is -2.25. The second kappa shape index (κ2) is 5.31. The standard InChI is InChI=1S/C14H19BrO3/c1-8-6-10(15)7-11(14(3,4)5)12(8)18-9(2)13(16)17/h6-7,9H,1-5H3,(H,16,17). The molecule has 1 N–H and O–H groups in total. The van der Waals surface area contributed by atoms with Crippen LogP contribution >= 0.6 is 15.9 Å². The lowest BCUT2D eigenvalue weighted by atomic mass is 9.85. The van der Waals surface area contributed by atoms with Crippen molar-refractivity contribution in [3.05, 3.63) is 27.7 Å². The average molecular weight is 315 g/mol. The molecule has 0 saturated carbocycles. The lowest BCUT2D eigenvalue weighted by Gasteiger charge is -2.25. The van der Waals surface area contributed by atoms with Crippen LogP contribution in [-0.4, -0.2) is 17.2 Å². The Hall–Kier alpha value is -1.03. The van der Waals surface area contributed by atoms with Crippen molar-refractivity contribution in [2.75, 3.05) is 0 Å². The number of ether oxygens (including phenoxy) is 1. The van der Waals surface area contributed by atoms with E-state index in [-0.39, 0.29) is 5.41 Å². The summed E-state index contributed by atoms with van der Waals surface area (Å²) in [6.07, 6.45) is -0.856. The van der Waals surface area contributed by atoms with Gasteiger partial charge in [-0.05, 0) is 37.0 Å². The van der Waals surface area contributed by atoms with Crippen LogP contribution in [0, 0.1) is 6.92 Å². The fraction of sp³-hybridized carbons (Fsp3) is 0.500. The zero-order chi connectivity index (χ0) is 14.1. The molecule has 0 aliphatic carbocycles. The van der Waals surface area contributed by atoms with Crippen molar-refractivity contribution >= 4 is 21.9 Å². The minimum atomic E-state index is -0.961. The van der Waals surface area contributed by atoms with Gasteiger partial charge in [0.2, 0.25) is 0 Å². The van der Waals surface area contributed by atoms with Crippen molar-refractivity contribution in [2.24, 2.45) is 0 Å². The molecule has 0 heterocycles. The summed E-state index contributed by atoms with van der Waals surface area (Å²) < 4.78 is 6.57. The molecule has 3 nitrogen and oxygen atoms in total. The smallest absolute Gasteiger partial charge is 0.344 e. The Morgan fingerprint density at radius 1 is 1.39 bits per heavy atom. The highest BCUT2D eigenvalue weighted by molar-refractivity contribution is 9.10. The van der Waals surface area contributed by atoms with Crippen LogP contribution in [0.5, 0.6) is 5.75 Å². The van der Waals surface area contributed by atoms with Gasteiger partial charge in [0, 0.05) is 10.0 Å². The molecule has 4 heteroatoms. The van der Waals surface area contributed by atoms with Gasteiger partial charge in [-0.25, -0.2) is 4.79 Å². The minimum Gasteiger partial charge on any atom is -0.479 e. The average Bonchev–Trinajstić information content (AvgIpc) is 2.19. The molecule has 0 amide bonds. The van der Waals surface area contributed by atoms with Crippen molar-refractivity contribution in [1.82, 2.24) is 0 Å². The fourth-order valence-corrected chi connectivity index (χ4v) is 2.24. The Balaban J connectivity index is 3.29. The number of carboxylic acids is 1. The number of aryl methyl sites for hydroxylation is 1. The van der Waals surface area contributed by atoms with Gasteiger partial charge in [0.15, 0.2) is 6.10 Å². The SMILES string of the molecule is Cc1cc(Br)cc(C(C)(C)C)c1OC(C)C(=O)O. The summed E-state index contributed by atoms with van der Waals surface area (Å²) >= 11 is 3.46. The summed E-state index contributed by atoms with van der Waals surface area (Å²) in [5, 5.41) is 8.95. The van der Waals surface area contributed by atoms with Gasteiger partial charge in [0.25, 0.3) is 0 Å². The maximum atomic E-state index is 10.9. The van der Waals surface area contributed by atoms with Gasteiger partial charge in [0.05, 0.1) is 0 Å². The fourth-order valence-electron chi connectivity index (χ4n) is 1.67. The zero-order valence-electron chi connectivity index (χ0n) is 11.4. The number of hydrogen-bond acceptors (Lipinski definition) is 2. The Morgan fingerprint density at radius 3 is 2.39 bits per heavy atom. The molecule has 1 unspecified atom stereocenters. The third-order valence-corrected chi connectivity index (χ3v) is 3.15. The topological polar surface area (TPSA) is 46.5 Å². The van der Waals surface area contributed by atoms with Gasteiger partial charge in [-0.2, -0.15) is 0 Å². The molecule has 100 valence electrons. The van der Waals surface area contributed by atoms with Crippen molar-refractivity contribution < 1.29 is 14.6 Å². The highest BCUT2D eigenvalue weighted by Gasteiger charge is 2.24. The van der Waals surface area contributed by atoms with Gasteiger partial charge in [-0.1, -0.05) is 36.7 Å². The first-order valence-electron chi connectivity index (χ1n) is 5.83. The van der Waals surface area contributed by atoms with E-state index in [9.17, 15) is 4.79 Å². The molecule has 18 heavy (non-hydrogen) atoms. The Kier molecular flexibility index (Phi) is 4.43. The number of carboxylic acid groups (broad SMARTS) is 1. The van der Waals surface area contributed by atoms with E-state index < -0.39 is 12.1 Å². The molecule has 1 aromatic carbocycles. The minimum absolute atomic E-state index is 0.109. The molecule has 0 spiro atoms. The molecule has 0 saturated heterocycles. The van der Waals surface area contributed by atoms with Gasteiger partial charge in [0.1, 0.15) is 5.75 Å². The molecule has 0 bridgehead atoms. The second-order valence-electron chi connectivity index (χ2n) is 5.45. The second-order valence-corrected chi connectivity index (χ2v) is 6.36. The summed E-state index contributed by atoms with van der Waals surface area (Å²) in [6.45, 7) is 9.69. The van der Waals surface area contributed by atoms with E-state index in [2.05, 4.69) is 36.7 Å². The zero-order valence-corrected chi connectivity index (χ0v) is 13.0. The van der Waals surface area contributed by atoms with Gasteiger partial charge in [-0.15, -0.1) is 0 Å². The normalized spacial score (nSPS) is 13.2. The molecule has 0 fully saturated rings. The van der Waals surface area contributed by atoms with E-state index in [1.165, 1.54) is 6.92 Å². The monoisotopic (exact) mass is 314 g/mol. The van der Waals surface area contributed by atoms with E-state index >= 15 is 0 Å². The molecule has 0 radical (unpaired) electrons. The molecule has 0 aromatic heterocycles. The summed E-state index contributed by atoms with van der Waals surface area (Å²) in [4.78, 5) is 10.9. The van der Waals surface area contributed by atoms with Crippen LogP contribution in [0.15, 0.2) is 16.6 Å². The first-order chi connectivity index (χ1) is 8.12. The van der Waals surface area contributed by atoms with Crippen LogP contribution in [0.4, 0.5) is 0 Å². The number of aliphatic carboxylic acids is 1. The third-order valence-electron chi connectivity index (χ3n) is 2.69. The third kappa shape index (κ3) is 3.48. The Labute approximate surface area is 116 Å². The summed E-state index contributed by atoms with van der Waals surface area (Å²) in [5.74, 6) is -0.294. The molecular weight excluding hydrogens is 296 g/mol. The summed E-state index contributed by atoms with van der Waals surface area (Å²) in [5.41, 5.74) is 1.83. The molecule has 1 rings (SSSR count). The quantitative estimate of drug-likeness (QED) is 0.920. The predicted molar refractivity (Wildman–Crippen MR) is 75.3 cm³/mol. The van der Waals surface area contributed by atoms with Crippen LogP contribution in [0.2, 0.25) is 0 Å². The van der Waals surface area contributed by atoms with Crippen LogP contribution < -0.4 is 4.74 Å². The highest BCUT2D eigenvalue weighted by Crippen LogP contribution is 2.37. The van der Waals surface area contributed by atoms with Crippen molar-refractivity contribution in [3.8, 4) is 5.75 Å². The van der Waals surface area contributed by atoms with Gasteiger partial charge in [-0.3, -0.25) is 0 Å². The molecule has 0 aliphatic heterocycles. The largest absolute Gasteiger partial charge is 0.479 e. The lowest BCUT2D eigenvalue weighted by molar-refractivity contribution is -0.144. The highest BCUT2D eigenvalue weighted by atomic mass is 79.9. The molecule has 0 aliphatic rings. The van der Waals surface area contributed by atoms with Gasteiger partial charge < -0.3 is 9.84 Å². The maximum Gasteiger partial charge on any atom is 0.344 e. The maximum absolute atomic E-state index is 10.9. The number of halogens is 1. The first kappa shape index (κ1) is 15.0. The molecule has 1 atom stereocenters. The number of rotatable bonds is 3. The Morgan fingerprint density at radius 2 is 1.94 bits per heavy atom. The van der Waals surface area contributed by atoms with Gasteiger partial charge >= 0.3 is 5.97 Å². The van der Waals surface area contributed by atoms with E-state index in [1.807, 2.05) is 19.1 Å². The molecule has 1 aromatic rings. The van der Waals surface area contributed by atoms with Crippen molar-refractivity contribution in [1.29, 1.82) is 0 Å². The summed E-state index contributed by atoms with van der Waals surface area (Å²) in [6, 6.07) is 3.91. The van der Waals surface area contributed by atoms with Crippen LogP contribution in [0.25, 0.3) is 0 Å². The van der Waals surface area contributed by atoms with Crippen LogP contribution in [0.1, 0.15) is 38.8 Å².